The second-order valence-electron chi connectivity index (χ2n) is 15.1. The molecule has 40 heavy (non-hydrogen) atoms. The van der Waals surface area contributed by atoms with Crippen LogP contribution in [0.2, 0.25) is 0 Å². The highest BCUT2D eigenvalue weighted by Crippen LogP contribution is 2.69. The Hall–Kier alpha value is -0.320. The number of hydrogen-bond donors (Lipinski definition) is 6. The van der Waals surface area contributed by atoms with Gasteiger partial charge in [-0.25, -0.2) is 0 Å². The van der Waals surface area contributed by atoms with Crippen LogP contribution in [0.15, 0.2) is 0 Å². The van der Waals surface area contributed by atoms with Gasteiger partial charge in [-0.1, -0.05) is 40.5 Å². The fourth-order valence-corrected chi connectivity index (χ4v) is 10.5. The number of aliphatic hydroxyl groups excluding tert-OH is 6. The third-order valence-electron chi connectivity index (χ3n) is 12.7. The fraction of sp³-hybridized carbons (Fsp3) is 1.00. The molecule has 0 bridgehead atoms. The molecule has 0 aromatic rings. The maximum Gasteiger partial charge on any atom is 0.186 e. The van der Waals surface area contributed by atoms with Crippen LogP contribution in [0.25, 0.3) is 0 Å². The summed E-state index contributed by atoms with van der Waals surface area (Å²) in [6.45, 7) is 9.14. The Balaban J connectivity index is 1.47. The molecule has 5 aliphatic rings. The number of fused-ring (bicyclic) bond motifs is 5. The van der Waals surface area contributed by atoms with Crippen molar-refractivity contribution in [1.82, 2.24) is 0 Å². The van der Waals surface area contributed by atoms with Crippen LogP contribution in [0, 0.1) is 52.3 Å². The van der Waals surface area contributed by atoms with Crippen LogP contribution in [-0.4, -0.2) is 86.8 Å². The zero-order chi connectivity index (χ0) is 29.0. The summed E-state index contributed by atoms with van der Waals surface area (Å²) in [5.41, 5.74) is -0.397. The van der Waals surface area contributed by atoms with Gasteiger partial charge in [0.1, 0.15) is 18.3 Å². The van der Waals surface area contributed by atoms with Gasteiger partial charge in [-0.05, 0) is 98.2 Å². The second-order valence-corrected chi connectivity index (χ2v) is 15.1. The quantitative estimate of drug-likeness (QED) is 0.246. The first kappa shape index (κ1) is 31.1. The standard InChI is InChI=1S/C32H56O8/c1-17(2)6-5-7-18(15-33)21-8-9-22-20-13-25(35)24-12-19(34)10-11-31(24,3)23(20)14-27(32(21,22)4)40-30-29(38)28(37)26(36)16-39-30/h17-30,33-38H,5-16H2,1-4H3/t18-,19+,20-,21+,22-,23-,24+,25+,26+,27+,28-,29+,30-,31+,32+/m0/s1. The molecule has 15 atom stereocenters. The molecular formula is C32H56O8. The van der Waals surface area contributed by atoms with Crippen LogP contribution in [0.3, 0.4) is 0 Å². The van der Waals surface area contributed by atoms with E-state index in [0.29, 0.717) is 30.1 Å². The Kier molecular flexibility index (Phi) is 9.33. The molecule has 0 unspecified atom stereocenters. The summed E-state index contributed by atoms with van der Waals surface area (Å²) in [5, 5.41) is 63.9. The van der Waals surface area contributed by atoms with Gasteiger partial charge in [0.25, 0.3) is 0 Å². The van der Waals surface area contributed by atoms with E-state index >= 15 is 0 Å². The van der Waals surface area contributed by atoms with Gasteiger partial charge in [-0.3, -0.25) is 0 Å². The molecule has 0 aromatic heterocycles. The number of aliphatic hydroxyl groups is 6. The number of rotatable bonds is 8. The Morgan fingerprint density at radius 1 is 0.850 bits per heavy atom. The molecule has 1 saturated heterocycles. The maximum absolute atomic E-state index is 11.4. The van der Waals surface area contributed by atoms with E-state index in [1.54, 1.807) is 0 Å². The van der Waals surface area contributed by atoms with Crippen molar-refractivity contribution in [2.75, 3.05) is 13.2 Å². The minimum Gasteiger partial charge on any atom is -0.396 e. The monoisotopic (exact) mass is 568 g/mol. The van der Waals surface area contributed by atoms with Crippen LogP contribution in [-0.2, 0) is 9.47 Å². The highest BCUT2D eigenvalue weighted by molar-refractivity contribution is 5.14. The first-order chi connectivity index (χ1) is 18.9. The summed E-state index contributed by atoms with van der Waals surface area (Å²) in [5.74, 6) is 2.01. The van der Waals surface area contributed by atoms with E-state index in [1.807, 2.05) is 0 Å². The van der Waals surface area contributed by atoms with Gasteiger partial charge < -0.3 is 40.1 Å². The largest absolute Gasteiger partial charge is 0.396 e. The predicted molar refractivity (Wildman–Crippen MR) is 150 cm³/mol. The lowest BCUT2D eigenvalue weighted by Crippen LogP contribution is -2.63. The molecule has 4 aliphatic carbocycles. The van der Waals surface area contributed by atoms with Crippen LogP contribution >= 0.6 is 0 Å². The van der Waals surface area contributed by atoms with E-state index < -0.39 is 30.7 Å². The van der Waals surface area contributed by atoms with E-state index in [1.165, 1.54) is 0 Å². The third-order valence-corrected chi connectivity index (χ3v) is 12.7. The Bertz CT molecular complexity index is 855. The van der Waals surface area contributed by atoms with Gasteiger partial charge in [0, 0.05) is 12.0 Å². The first-order valence-corrected chi connectivity index (χ1v) is 16.2. The maximum atomic E-state index is 11.4. The lowest BCUT2D eigenvalue weighted by atomic mass is 9.43. The molecular weight excluding hydrogens is 512 g/mol. The van der Waals surface area contributed by atoms with Gasteiger partial charge in [0.2, 0.25) is 0 Å². The average Bonchev–Trinajstić information content (AvgIpc) is 3.26. The summed E-state index contributed by atoms with van der Waals surface area (Å²) in [6.07, 6.45) is 3.05. The summed E-state index contributed by atoms with van der Waals surface area (Å²) >= 11 is 0. The number of hydrogen-bond acceptors (Lipinski definition) is 8. The van der Waals surface area contributed by atoms with Crippen molar-refractivity contribution in [1.29, 1.82) is 0 Å². The van der Waals surface area contributed by atoms with Crippen molar-refractivity contribution in [3.63, 3.8) is 0 Å². The molecule has 5 fully saturated rings. The van der Waals surface area contributed by atoms with Gasteiger partial charge >= 0.3 is 0 Å². The Morgan fingerprint density at radius 2 is 1.60 bits per heavy atom. The third kappa shape index (κ3) is 5.31. The molecule has 0 spiro atoms. The van der Waals surface area contributed by atoms with Crippen LogP contribution in [0.5, 0.6) is 0 Å². The van der Waals surface area contributed by atoms with E-state index in [4.69, 9.17) is 9.47 Å². The molecule has 6 N–H and O–H groups in total. The van der Waals surface area contributed by atoms with Crippen molar-refractivity contribution in [3.05, 3.63) is 0 Å². The van der Waals surface area contributed by atoms with Gasteiger partial charge in [0.05, 0.1) is 24.9 Å². The average molecular weight is 569 g/mol. The second kappa shape index (κ2) is 12.0. The van der Waals surface area contributed by atoms with Crippen molar-refractivity contribution < 1.29 is 40.1 Å². The number of ether oxygens (including phenoxy) is 2. The summed E-state index contributed by atoms with van der Waals surface area (Å²) in [7, 11) is 0. The lowest BCUT2D eigenvalue weighted by molar-refractivity contribution is -0.312. The molecule has 0 radical (unpaired) electrons. The zero-order valence-corrected chi connectivity index (χ0v) is 25.1. The van der Waals surface area contributed by atoms with Crippen molar-refractivity contribution in [2.24, 2.45) is 52.3 Å². The van der Waals surface area contributed by atoms with Crippen molar-refractivity contribution in [3.8, 4) is 0 Å². The molecule has 232 valence electrons. The van der Waals surface area contributed by atoms with Crippen molar-refractivity contribution >= 4 is 0 Å². The highest BCUT2D eigenvalue weighted by Gasteiger charge is 2.66. The Morgan fingerprint density at radius 3 is 2.30 bits per heavy atom. The fourth-order valence-electron chi connectivity index (χ4n) is 10.5. The van der Waals surface area contributed by atoms with Gasteiger partial charge in [-0.15, -0.1) is 0 Å². The molecule has 1 aliphatic heterocycles. The SMILES string of the molecule is CC(C)CCC[C@@H](CO)[C@H]1CC[C@H]2[C@@H]3C[C@@H](O)[C@H]4C[C@H](O)CC[C@]4(C)[C@H]3C[C@@H](O[C@@H]3OC[C@@H](O)[C@H](O)[C@H]3O)[C@]12C. The predicted octanol–water partition coefficient (Wildman–Crippen LogP) is 2.85. The smallest absolute Gasteiger partial charge is 0.186 e. The minimum atomic E-state index is -1.34. The zero-order valence-electron chi connectivity index (χ0n) is 25.1. The van der Waals surface area contributed by atoms with E-state index in [2.05, 4.69) is 27.7 Å². The minimum absolute atomic E-state index is 0.0504. The highest BCUT2D eigenvalue weighted by atomic mass is 16.7. The first-order valence-electron chi connectivity index (χ1n) is 16.2. The molecule has 0 amide bonds. The Labute approximate surface area is 240 Å². The van der Waals surface area contributed by atoms with Crippen LogP contribution in [0.1, 0.15) is 91.9 Å². The molecule has 0 aromatic carbocycles. The van der Waals surface area contributed by atoms with Crippen LogP contribution < -0.4 is 0 Å². The molecule has 4 saturated carbocycles. The topological polar surface area (TPSA) is 140 Å². The van der Waals surface area contributed by atoms with Gasteiger partial charge in [0.15, 0.2) is 6.29 Å². The van der Waals surface area contributed by atoms with Gasteiger partial charge in [-0.2, -0.15) is 0 Å². The van der Waals surface area contributed by atoms with E-state index in [0.717, 1.165) is 57.8 Å². The summed E-state index contributed by atoms with van der Waals surface area (Å²) in [4.78, 5) is 0. The molecule has 8 nitrogen and oxygen atoms in total. The molecule has 1 heterocycles. The summed E-state index contributed by atoms with van der Waals surface area (Å²) in [6, 6.07) is 0. The van der Waals surface area contributed by atoms with Crippen molar-refractivity contribution in [2.45, 2.75) is 135 Å². The molecule has 8 heteroatoms. The summed E-state index contributed by atoms with van der Waals surface area (Å²) < 4.78 is 12.5. The van der Waals surface area contributed by atoms with E-state index in [9.17, 15) is 30.6 Å². The van der Waals surface area contributed by atoms with E-state index in [-0.39, 0.29) is 54.0 Å². The van der Waals surface area contributed by atoms with Crippen LogP contribution in [0.4, 0.5) is 0 Å². The molecule has 5 rings (SSSR count). The normalized spacial score (nSPS) is 51.7. The lowest BCUT2D eigenvalue weighted by Gasteiger charge is -2.64.